The molecule has 0 spiro atoms. The zero-order valence-corrected chi connectivity index (χ0v) is 14.2. The molecule has 2 amide bonds. The number of aliphatic hydroxyl groups is 1. The number of hydrogen-bond acceptors (Lipinski definition) is 5. The van der Waals surface area contributed by atoms with Crippen molar-refractivity contribution in [2.24, 2.45) is 5.41 Å². The highest BCUT2D eigenvalue weighted by atomic mass is 32.2. The summed E-state index contributed by atoms with van der Waals surface area (Å²) in [6, 6.07) is 0. The standard InChI is InChI=1S/C14H28N2O4S/c1-5-21-9-8-15-11(17)6-7-16-13(19)12(18)14(2,3)10-20-4/h12,18H,5-10H2,1-4H3,(H,15,17)(H,16,19). The van der Waals surface area contributed by atoms with E-state index in [1.165, 1.54) is 7.11 Å². The van der Waals surface area contributed by atoms with Crippen molar-refractivity contribution in [2.45, 2.75) is 33.3 Å². The molecule has 0 fully saturated rings. The molecule has 6 nitrogen and oxygen atoms in total. The Labute approximate surface area is 131 Å². The zero-order valence-electron chi connectivity index (χ0n) is 13.4. The summed E-state index contributed by atoms with van der Waals surface area (Å²) in [7, 11) is 1.52. The minimum absolute atomic E-state index is 0.0994. The fourth-order valence-corrected chi connectivity index (χ4v) is 2.23. The third-order valence-corrected chi connectivity index (χ3v) is 3.83. The Morgan fingerprint density at radius 1 is 1.29 bits per heavy atom. The monoisotopic (exact) mass is 320 g/mol. The van der Waals surface area contributed by atoms with E-state index in [0.29, 0.717) is 6.54 Å². The molecule has 0 aliphatic heterocycles. The van der Waals surface area contributed by atoms with Gasteiger partial charge in [-0.05, 0) is 5.75 Å². The van der Waals surface area contributed by atoms with Crippen LogP contribution in [-0.4, -0.2) is 61.3 Å². The molecule has 0 aromatic heterocycles. The van der Waals surface area contributed by atoms with Gasteiger partial charge in [0, 0.05) is 37.8 Å². The van der Waals surface area contributed by atoms with Crippen molar-refractivity contribution in [3.8, 4) is 0 Å². The van der Waals surface area contributed by atoms with E-state index < -0.39 is 17.4 Å². The summed E-state index contributed by atoms with van der Waals surface area (Å²) in [6.07, 6.45) is -0.957. The van der Waals surface area contributed by atoms with E-state index in [1.54, 1.807) is 25.6 Å². The van der Waals surface area contributed by atoms with Crippen LogP contribution in [0.5, 0.6) is 0 Å². The lowest BCUT2D eigenvalue weighted by Gasteiger charge is -2.28. The minimum Gasteiger partial charge on any atom is -0.384 e. The number of nitrogens with one attached hydrogen (secondary N) is 2. The molecule has 1 unspecified atom stereocenters. The van der Waals surface area contributed by atoms with Crippen molar-refractivity contribution in [1.82, 2.24) is 10.6 Å². The molecular weight excluding hydrogens is 292 g/mol. The molecule has 1 atom stereocenters. The van der Waals surface area contributed by atoms with E-state index in [-0.39, 0.29) is 25.5 Å². The van der Waals surface area contributed by atoms with Crippen LogP contribution in [0.25, 0.3) is 0 Å². The van der Waals surface area contributed by atoms with Crippen molar-refractivity contribution in [3.63, 3.8) is 0 Å². The van der Waals surface area contributed by atoms with Crippen LogP contribution in [0.4, 0.5) is 0 Å². The van der Waals surface area contributed by atoms with E-state index in [2.05, 4.69) is 17.6 Å². The molecule has 0 heterocycles. The SMILES string of the molecule is CCSCCNC(=O)CCNC(=O)C(O)C(C)(C)COC. The number of methoxy groups -OCH3 is 1. The van der Waals surface area contributed by atoms with Gasteiger partial charge in [-0.2, -0.15) is 11.8 Å². The first-order valence-electron chi connectivity index (χ1n) is 7.14. The second-order valence-corrected chi connectivity index (χ2v) is 6.81. The Balaban J connectivity index is 3.90. The van der Waals surface area contributed by atoms with Crippen LogP contribution in [0, 0.1) is 5.41 Å². The van der Waals surface area contributed by atoms with Crippen LogP contribution in [0.1, 0.15) is 27.2 Å². The predicted molar refractivity (Wildman–Crippen MR) is 85.3 cm³/mol. The first kappa shape index (κ1) is 20.2. The second kappa shape index (κ2) is 10.9. The van der Waals surface area contributed by atoms with Gasteiger partial charge in [-0.25, -0.2) is 0 Å². The first-order valence-corrected chi connectivity index (χ1v) is 8.29. The highest BCUT2D eigenvalue weighted by Gasteiger charge is 2.33. The maximum atomic E-state index is 11.8. The number of aliphatic hydroxyl groups excluding tert-OH is 1. The smallest absolute Gasteiger partial charge is 0.249 e. The third kappa shape index (κ3) is 8.95. The topological polar surface area (TPSA) is 87.7 Å². The van der Waals surface area contributed by atoms with Gasteiger partial charge in [0.15, 0.2) is 0 Å². The third-order valence-electron chi connectivity index (χ3n) is 2.93. The van der Waals surface area contributed by atoms with Gasteiger partial charge in [0.1, 0.15) is 6.10 Å². The lowest BCUT2D eigenvalue weighted by Crippen LogP contribution is -2.46. The summed E-state index contributed by atoms with van der Waals surface area (Å²) in [5.74, 6) is 1.34. The predicted octanol–water partition coefficient (Wildman–Crippen LogP) is 0.396. The van der Waals surface area contributed by atoms with Gasteiger partial charge in [0.25, 0.3) is 0 Å². The summed E-state index contributed by atoms with van der Waals surface area (Å²) in [6.45, 7) is 6.69. The van der Waals surface area contributed by atoms with E-state index in [4.69, 9.17) is 4.74 Å². The summed E-state index contributed by atoms with van der Waals surface area (Å²) >= 11 is 1.76. The first-order chi connectivity index (χ1) is 9.85. The number of amides is 2. The van der Waals surface area contributed by atoms with Gasteiger partial charge in [0.2, 0.25) is 11.8 Å². The molecule has 0 aliphatic rings. The van der Waals surface area contributed by atoms with Gasteiger partial charge in [-0.3, -0.25) is 9.59 Å². The Morgan fingerprint density at radius 3 is 2.52 bits per heavy atom. The Bertz CT molecular complexity index is 324. The number of carbonyl (C=O) groups is 2. The Morgan fingerprint density at radius 2 is 1.95 bits per heavy atom. The molecule has 7 heteroatoms. The molecule has 0 rings (SSSR count). The van der Waals surface area contributed by atoms with E-state index in [0.717, 1.165) is 11.5 Å². The average Bonchev–Trinajstić information content (AvgIpc) is 2.42. The Kier molecular flexibility index (Phi) is 10.5. The van der Waals surface area contributed by atoms with Gasteiger partial charge in [0.05, 0.1) is 6.61 Å². The molecule has 0 radical (unpaired) electrons. The fraction of sp³-hybridized carbons (Fsp3) is 0.857. The maximum absolute atomic E-state index is 11.8. The molecule has 21 heavy (non-hydrogen) atoms. The normalized spacial score (nSPS) is 12.8. The van der Waals surface area contributed by atoms with Crippen LogP contribution < -0.4 is 10.6 Å². The Hall–Kier alpha value is -0.790. The summed E-state index contributed by atoms with van der Waals surface area (Å²) in [4.78, 5) is 23.3. The van der Waals surface area contributed by atoms with Crippen molar-refractivity contribution in [2.75, 3.05) is 38.3 Å². The summed E-state index contributed by atoms with van der Waals surface area (Å²) < 4.78 is 4.98. The van der Waals surface area contributed by atoms with Crippen molar-refractivity contribution in [3.05, 3.63) is 0 Å². The quantitative estimate of drug-likeness (QED) is 0.480. The number of hydrogen-bond donors (Lipinski definition) is 3. The maximum Gasteiger partial charge on any atom is 0.249 e. The highest BCUT2D eigenvalue weighted by molar-refractivity contribution is 7.99. The van der Waals surface area contributed by atoms with Crippen LogP contribution >= 0.6 is 11.8 Å². The second-order valence-electron chi connectivity index (χ2n) is 5.41. The van der Waals surface area contributed by atoms with Crippen molar-refractivity contribution >= 4 is 23.6 Å². The minimum atomic E-state index is -1.17. The molecule has 0 saturated carbocycles. The largest absolute Gasteiger partial charge is 0.384 e. The highest BCUT2D eigenvalue weighted by Crippen LogP contribution is 2.20. The van der Waals surface area contributed by atoms with Gasteiger partial charge in [-0.1, -0.05) is 20.8 Å². The lowest BCUT2D eigenvalue weighted by atomic mass is 9.87. The average molecular weight is 320 g/mol. The number of ether oxygens (including phenoxy) is 1. The van der Waals surface area contributed by atoms with E-state index in [9.17, 15) is 14.7 Å². The fourth-order valence-electron chi connectivity index (χ4n) is 1.70. The molecule has 3 N–H and O–H groups in total. The van der Waals surface area contributed by atoms with Gasteiger partial charge in [-0.15, -0.1) is 0 Å². The van der Waals surface area contributed by atoms with Crippen LogP contribution in [0.2, 0.25) is 0 Å². The van der Waals surface area contributed by atoms with Crippen molar-refractivity contribution < 1.29 is 19.4 Å². The number of rotatable bonds is 11. The number of thioether (sulfide) groups is 1. The molecule has 0 aliphatic carbocycles. The molecule has 0 bridgehead atoms. The molecule has 0 saturated heterocycles. The number of carbonyl (C=O) groups excluding carboxylic acids is 2. The molecule has 0 aromatic rings. The van der Waals surface area contributed by atoms with Crippen LogP contribution in [0.15, 0.2) is 0 Å². The van der Waals surface area contributed by atoms with Gasteiger partial charge < -0.3 is 20.5 Å². The van der Waals surface area contributed by atoms with Crippen molar-refractivity contribution in [1.29, 1.82) is 0 Å². The summed E-state index contributed by atoms with van der Waals surface area (Å²) in [5.41, 5.74) is -0.668. The summed E-state index contributed by atoms with van der Waals surface area (Å²) in [5, 5.41) is 15.3. The lowest BCUT2D eigenvalue weighted by molar-refractivity contribution is -0.137. The van der Waals surface area contributed by atoms with Crippen LogP contribution in [0.3, 0.4) is 0 Å². The molecule has 0 aromatic carbocycles. The van der Waals surface area contributed by atoms with Gasteiger partial charge >= 0.3 is 0 Å². The van der Waals surface area contributed by atoms with Crippen LogP contribution in [-0.2, 0) is 14.3 Å². The molecular formula is C14H28N2O4S. The zero-order chi connectivity index (χ0) is 16.3. The van der Waals surface area contributed by atoms with E-state index in [1.807, 2.05) is 0 Å². The van der Waals surface area contributed by atoms with E-state index >= 15 is 0 Å². The molecule has 124 valence electrons.